The van der Waals surface area contributed by atoms with Gasteiger partial charge in [0, 0.05) is 12.6 Å². The van der Waals surface area contributed by atoms with Gasteiger partial charge in [0.05, 0.1) is 0 Å². The van der Waals surface area contributed by atoms with E-state index >= 15 is 0 Å². The van der Waals surface area contributed by atoms with Gasteiger partial charge in [-0.3, -0.25) is 0 Å². The normalized spacial score (nSPS) is 15.0. The Balaban J connectivity index is 3.79. The summed E-state index contributed by atoms with van der Waals surface area (Å²) < 4.78 is 0. The minimum atomic E-state index is 0.518. The molecule has 0 aromatic carbocycles. The zero-order valence-electron chi connectivity index (χ0n) is 13.6. The van der Waals surface area contributed by atoms with Gasteiger partial charge in [-0.2, -0.15) is 0 Å². The molecule has 1 unspecified atom stereocenters. The molecule has 0 spiro atoms. The second kappa shape index (κ2) is 10.8. The lowest BCUT2D eigenvalue weighted by Gasteiger charge is -2.31. The van der Waals surface area contributed by atoms with Gasteiger partial charge in [0.1, 0.15) is 0 Å². The fraction of sp³-hybridized carbons (Fsp3) is 1.00. The first-order valence-electron chi connectivity index (χ1n) is 8.27. The Morgan fingerprint density at radius 3 is 2.00 bits per heavy atom. The summed E-state index contributed by atoms with van der Waals surface area (Å²) >= 11 is 0. The van der Waals surface area contributed by atoms with Crippen molar-refractivity contribution in [2.45, 2.75) is 98.4 Å². The quantitative estimate of drug-likeness (QED) is 0.451. The number of hydrogen-bond donors (Lipinski definition) is 1. The molecule has 0 aromatic heterocycles. The average Bonchev–Trinajstić information content (AvgIpc) is 2.32. The van der Waals surface area contributed by atoms with Gasteiger partial charge in [-0.15, -0.1) is 0 Å². The van der Waals surface area contributed by atoms with Crippen molar-refractivity contribution in [2.75, 3.05) is 6.54 Å². The van der Waals surface area contributed by atoms with Gasteiger partial charge in [0.2, 0.25) is 0 Å². The Kier molecular flexibility index (Phi) is 10.8. The van der Waals surface area contributed by atoms with Crippen LogP contribution in [0.15, 0.2) is 0 Å². The molecule has 1 heteroatoms. The SMILES string of the molecule is CCCCCCCCC(C)(CCC)CNC(C)C. The summed E-state index contributed by atoms with van der Waals surface area (Å²) in [4.78, 5) is 0. The van der Waals surface area contributed by atoms with E-state index < -0.39 is 0 Å². The molecule has 0 saturated heterocycles. The second-order valence-corrected chi connectivity index (χ2v) is 6.61. The van der Waals surface area contributed by atoms with Crippen LogP contribution in [-0.2, 0) is 0 Å². The third-order valence-corrected chi connectivity index (χ3v) is 3.92. The van der Waals surface area contributed by atoms with Crippen molar-refractivity contribution >= 4 is 0 Å². The summed E-state index contributed by atoms with van der Waals surface area (Å²) in [6.45, 7) is 12.8. The average molecular weight is 255 g/mol. The van der Waals surface area contributed by atoms with Crippen LogP contribution in [0.2, 0.25) is 0 Å². The van der Waals surface area contributed by atoms with Crippen molar-refractivity contribution in [3.8, 4) is 0 Å². The van der Waals surface area contributed by atoms with Crippen molar-refractivity contribution in [2.24, 2.45) is 5.41 Å². The Bertz CT molecular complexity index is 176. The minimum Gasteiger partial charge on any atom is -0.314 e. The maximum atomic E-state index is 3.63. The molecule has 0 heterocycles. The molecular formula is C17H37N. The molecule has 0 bridgehead atoms. The van der Waals surface area contributed by atoms with E-state index in [1.165, 1.54) is 64.3 Å². The van der Waals surface area contributed by atoms with Gasteiger partial charge in [-0.05, 0) is 18.3 Å². The lowest BCUT2D eigenvalue weighted by atomic mass is 9.80. The number of unbranched alkanes of at least 4 members (excludes halogenated alkanes) is 5. The van der Waals surface area contributed by atoms with Crippen LogP contribution >= 0.6 is 0 Å². The van der Waals surface area contributed by atoms with Crippen molar-refractivity contribution in [1.82, 2.24) is 5.32 Å². The standard InChI is InChI=1S/C17H37N/c1-6-8-9-10-11-12-14-17(5,13-7-2)15-18-16(3)4/h16,18H,6-15H2,1-5H3. The van der Waals surface area contributed by atoms with Crippen molar-refractivity contribution in [3.05, 3.63) is 0 Å². The molecule has 0 aliphatic heterocycles. The van der Waals surface area contributed by atoms with E-state index in [9.17, 15) is 0 Å². The maximum Gasteiger partial charge on any atom is 0.00106 e. The van der Waals surface area contributed by atoms with Gasteiger partial charge in [-0.25, -0.2) is 0 Å². The van der Waals surface area contributed by atoms with Crippen LogP contribution in [0, 0.1) is 5.41 Å². The smallest absolute Gasteiger partial charge is 0.00106 e. The Labute approximate surface area is 116 Å². The molecule has 1 N–H and O–H groups in total. The molecule has 0 aliphatic carbocycles. The highest BCUT2D eigenvalue weighted by molar-refractivity contribution is 4.77. The third-order valence-electron chi connectivity index (χ3n) is 3.92. The molecule has 1 nitrogen and oxygen atoms in total. The third kappa shape index (κ3) is 9.94. The Morgan fingerprint density at radius 2 is 1.44 bits per heavy atom. The Morgan fingerprint density at radius 1 is 0.833 bits per heavy atom. The highest BCUT2D eigenvalue weighted by atomic mass is 14.9. The highest BCUT2D eigenvalue weighted by Crippen LogP contribution is 2.29. The zero-order chi connectivity index (χ0) is 13.9. The number of nitrogens with one attached hydrogen (secondary N) is 1. The fourth-order valence-corrected chi connectivity index (χ4v) is 2.69. The summed E-state index contributed by atoms with van der Waals surface area (Å²) in [6, 6.07) is 0.616. The molecular weight excluding hydrogens is 218 g/mol. The van der Waals surface area contributed by atoms with Crippen molar-refractivity contribution in [1.29, 1.82) is 0 Å². The predicted octanol–water partition coefficient (Wildman–Crippen LogP) is 5.54. The topological polar surface area (TPSA) is 12.0 Å². The van der Waals surface area contributed by atoms with E-state index in [-0.39, 0.29) is 0 Å². The largest absolute Gasteiger partial charge is 0.314 e. The van der Waals surface area contributed by atoms with Crippen LogP contribution in [-0.4, -0.2) is 12.6 Å². The minimum absolute atomic E-state index is 0.518. The van der Waals surface area contributed by atoms with Crippen LogP contribution in [0.5, 0.6) is 0 Å². The zero-order valence-corrected chi connectivity index (χ0v) is 13.6. The van der Waals surface area contributed by atoms with E-state index in [0.29, 0.717) is 11.5 Å². The van der Waals surface area contributed by atoms with Crippen LogP contribution in [0.1, 0.15) is 92.4 Å². The first kappa shape index (κ1) is 18.0. The van der Waals surface area contributed by atoms with Gasteiger partial charge < -0.3 is 5.32 Å². The molecule has 110 valence electrons. The molecule has 0 saturated carbocycles. The van der Waals surface area contributed by atoms with Crippen LogP contribution in [0.25, 0.3) is 0 Å². The van der Waals surface area contributed by atoms with E-state index in [4.69, 9.17) is 0 Å². The first-order chi connectivity index (χ1) is 8.54. The van der Waals surface area contributed by atoms with E-state index in [1.54, 1.807) is 0 Å². The molecule has 0 aliphatic rings. The summed E-state index contributed by atoms with van der Waals surface area (Å²) in [5.74, 6) is 0. The molecule has 1 atom stereocenters. The predicted molar refractivity (Wildman–Crippen MR) is 84.1 cm³/mol. The van der Waals surface area contributed by atoms with Gasteiger partial charge in [0.15, 0.2) is 0 Å². The molecule has 0 radical (unpaired) electrons. The lowest BCUT2D eigenvalue weighted by Crippen LogP contribution is -2.35. The molecule has 0 amide bonds. The van der Waals surface area contributed by atoms with Gasteiger partial charge >= 0.3 is 0 Å². The summed E-state index contributed by atoms with van der Waals surface area (Å²) in [5.41, 5.74) is 0.518. The fourth-order valence-electron chi connectivity index (χ4n) is 2.69. The number of rotatable bonds is 12. The first-order valence-corrected chi connectivity index (χ1v) is 8.27. The Hall–Kier alpha value is -0.0400. The maximum absolute atomic E-state index is 3.63. The van der Waals surface area contributed by atoms with E-state index in [1.807, 2.05) is 0 Å². The molecule has 0 rings (SSSR count). The molecule has 0 fully saturated rings. The van der Waals surface area contributed by atoms with E-state index in [2.05, 4.69) is 39.9 Å². The number of hydrogen-bond acceptors (Lipinski definition) is 1. The highest BCUT2D eigenvalue weighted by Gasteiger charge is 2.22. The summed E-state index contributed by atoms with van der Waals surface area (Å²) in [7, 11) is 0. The van der Waals surface area contributed by atoms with Crippen LogP contribution in [0.4, 0.5) is 0 Å². The van der Waals surface area contributed by atoms with Gasteiger partial charge in [0.25, 0.3) is 0 Å². The van der Waals surface area contributed by atoms with Crippen LogP contribution < -0.4 is 5.32 Å². The summed E-state index contributed by atoms with van der Waals surface area (Å²) in [6.07, 6.45) is 12.6. The van der Waals surface area contributed by atoms with Crippen molar-refractivity contribution < 1.29 is 0 Å². The van der Waals surface area contributed by atoms with Crippen LogP contribution in [0.3, 0.4) is 0 Å². The van der Waals surface area contributed by atoms with Crippen molar-refractivity contribution in [3.63, 3.8) is 0 Å². The monoisotopic (exact) mass is 255 g/mol. The summed E-state index contributed by atoms with van der Waals surface area (Å²) in [5, 5.41) is 3.63. The molecule has 0 aromatic rings. The lowest BCUT2D eigenvalue weighted by molar-refractivity contribution is 0.239. The van der Waals surface area contributed by atoms with E-state index in [0.717, 1.165) is 0 Å². The second-order valence-electron chi connectivity index (χ2n) is 6.61. The van der Waals surface area contributed by atoms with Gasteiger partial charge in [-0.1, -0.05) is 79.6 Å². The molecule has 18 heavy (non-hydrogen) atoms.